The highest BCUT2D eigenvalue weighted by Crippen LogP contribution is 2.20. The fraction of sp³-hybridized carbons (Fsp3) is 0.385. The zero-order chi connectivity index (χ0) is 14.9. The van der Waals surface area contributed by atoms with Gasteiger partial charge in [-0.1, -0.05) is 0 Å². The van der Waals surface area contributed by atoms with Crippen LogP contribution in [-0.4, -0.2) is 45.8 Å². The van der Waals surface area contributed by atoms with Crippen molar-refractivity contribution in [2.45, 2.75) is 25.5 Å². The highest BCUT2D eigenvalue weighted by Gasteiger charge is 2.39. The zero-order valence-corrected chi connectivity index (χ0v) is 10.8. The maximum Gasteiger partial charge on any atom is 0.326 e. The maximum atomic E-state index is 13.2. The molecule has 108 valence electrons. The number of hydrogen-bond acceptors (Lipinski definition) is 3. The summed E-state index contributed by atoms with van der Waals surface area (Å²) in [4.78, 5) is 24.1. The van der Waals surface area contributed by atoms with Gasteiger partial charge in [-0.2, -0.15) is 0 Å². The Labute approximate surface area is 114 Å². The van der Waals surface area contributed by atoms with Crippen LogP contribution in [0.4, 0.5) is 14.9 Å². The number of nitrogens with one attached hydrogen (secondary N) is 1. The Bertz CT molecular complexity index is 529. The van der Waals surface area contributed by atoms with Gasteiger partial charge in [0.05, 0.1) is 6.10 Å². The number of carboxylic acids is 1. The van der Waals surface area contributed by atoms with E-state index >= 15 is 0 Å². The summed E-state index contributed by atoms with van der Waals surface area (Å²) < 4.78 is 13.2. The number of aliphatic hydroxyl groups excluding tert-OH is 1. The Morgan fingerprint density at radius 3 is 2.70 bits per heavy atom. The van der Waals surface area contributed by atoms with E-state index in [4.69, 9.17) is 5.11 Å². The molecule has 1 aliphatic rings. The van der Waals surface area contributed by atoms with Crippen LogP contribution in [0.1, 0.15) is 12.0 Å². The van der Waals surface area contributed by atoms with Crippen molar-refractivity contribution in [3.05, 3.63) is 29.6 Å². The Morgan fingerprint density at radius 2 is 2.10 bits per heavy atom. The van der Waals surface area contributed by atoms with E-state index in [0.717, 1.165) is 11.0 Å². The van der Waals surface area contributed by atoms with Gasteiger partial charge in [0.25, 0.3) is 0 Å². The van der Waals surface area contributed by atoms with Gasteiger partial charge in [0, 0.05) is 18.7 Å². The summed E-state index contributed by atoms with van der Waals surface area (Å²) in [5, 5.41) is 20.9. The molecule has 1 aromatic carbocycles. The van der Waals surface area contributed by atoms with Crippen molar-refractivity contribution in [1.29, 1.82) is 0 Å². The number of likely N-dealkylation sites (tertiary alicyclic amines) is 1. The number of amides is 2. The number of benzene rings is 1. The number of urea groups is 1. The minimum absolute atomic E-state index is 0.00900. The van der Waals surface area contributed by atoms with E-state index in [2.05, 4.69) is 5.32 Å². The van der Waals surface area contributed by atoms with Crippen LogP contribution in [0.15, 0.2) is 18.2 Å². The number of anilines is 1. The number of hydrogen-bond donors (Lipinski definition) is 3. The molecule has 0 aliphatic carbocycles. The van der Waals surface area contributed by atoms with Crippen LogP contribution in [-0.2, 0) is 4.79 Å². The summed E-state index contributed by atoms with van der Waals surface area (Å²) >= 11 is 0. The molecule has 0 spiro atoms. The van der Waals surface area contributed by atoms with Crippen LogP contribution in [0.25, 0.3) is 0 Å². The number of aryl methyl sites for hydroxylation is 1. The Balaban J connectivity index is 2.13. The summed E-state index contributed by atoms with van der Waals surface area (Å²) in [7, 11) is 0. The molecule has 20 heavy (non-hydrogen) atoms. The van der Waals surface area contributed by atoms with Crippen LogP contribution in [0.2, 0.25) is 0 Å². The summed E-state index contributed by atoms with van der Waals surface area (Å²) in [6, 6.07) is 2.30. The molecular weight excluding hydrogens is 267 g/mol. The normalized spacial score (nSPS) is 21.9. The van der Waals surface area contributed by atoms with Gasteiger partial charge in [0.2, 0.25) is 0 Å². The fourth-order valence-corrected chi connectivity index (χ4v) is 2.28. The number of aliphatic carboxylic acids is 1. The summed E-state index contributed by atoms with van der Waals surface area (Å²) in [5.74, 6) is -1.66. The Morgan fingerprint density at radius 1 is 1.40 bits per heavy atom. The van der Waals surface area contributed by atoms with Gasteiger partial charge in [0.15, 0.2) is 0 Å². The molecule has 0 radical (unpaired) electrons. The number of halogens is 1. The number of carboxylic acid groups (broad SMARTS) is 1. The van der Waals surface area contributed by atoms with Gasteiger partial charge < -0.3 is 20.4 Å². The minimum atomic E-state index is -1.17. The maximum absolute atomic E-state index is 13.2. The topological polar surface area (TPSA) is 89.9 Å². The van der Waals surface area contributed by atoms with E-state index in [1.165, 1.54) is 6.07 Å². The van der Waals surface area contributed by atoms with Crippen molar-refractivity contribution < 1.29 is 24.2 Å². The first-order valence-corrected chi connectivity index (χ1v) is 6.12. The van der Waals surface area contributed by atoms with Crippen molar-refractivity contribution in [2.24, 2.45) is 0 Å². The molecule has 1 saturated heterocycles. The second-order valence-electron chi connectivity index (χ2n) is 4.84. The lowest BCUT2D eigenvalue weighted by Gasteiger charge is -2.21. The molecular formula is C13H15FN2O4. The lowest BCUT2D eigenvalue weighted by Crippen LogP contribution is -2.43. The number of rotatable bonds is 2. The molecule has 1 aliphatic heterocycles. The zero-order valence-electron chi connectivity index (χ0n) is 10.8. The molecule has 0 aromatic heterocycles. The Kier molecular flexibility index (Phi) is 3.89. The molecule has 3 N–H and O–H groups in total. The van der Waals surface area contributed by atoms with Crippen molar-refractivity contribution in [3.63, 3.8) is 0 Å². The highest BCUT2D eigenvalue weighted by atomic mass is 19.1. The van der Waals surface area contributed by atoms with Crippen molar-refractivity contribution in [1.82, 2.24) is 4.90 Å². The van der Waals surface area contributed by atoms with E-state index < -0.39 is 30.0 Å². The lowest BCUT2D eigenvalue weighted by molar-refractivity contribution is -0.141. The Hall–Kier alpha value is -2.15. The van der Waals surface area contributed by atoms with Crippen LogP contribution in [0, 0.1) is 12.7 Å². The van der Waals surface area contributed by atoms with Gasteiger partial charge in [0.1, 0.15) is 11.9 Å². The van der Waals surface area contributed by atoms with Gasteiger partial charge in [-0.05, 0) is 30.7 Å². The minimum Gasteiger partial charge on any atom is -0.480 e. The highest BCUT2D eigenvalue weighted by molar-refractivity contribution is 5.92. The van der Waals surface area contributed by atoms with Gasteiger partial charge >= 0.3 is 12.0 Å². The first-order valence-electron chi connectivity index (χ1n) is 6.12. The van der Waals surface area contributed by atoms with Crippen LogP contribution in [0.3, 0.4) is 0 Å². The van der Waals surface area contributed by atoms with Crippen LogP contribution < -0.4 is 5.32 Å². The van der Waals surface area contributed by atoms with Crippen molar-refractivity contribution in [3.8, 4) is 0 Å². The summed E-state index contributed by atoms with van der Waals surface area (Å²) in [6.45, 7) is 1.62. The SMILES string of the molecule is Cc1cc(F)cc(NC(=O)N2CC(O)CC2C(=O)O)c1. The second kappa shape index (κ2) is 5.46. The molecule has 2 unspecified atom stereocenters. The largest absolute Gasteiger partial charge is 0.480 e. The van der Waals surface area contributed by atoms with Crippen LogP contribution in [0.5, 0.6) is 0 Å². The van der Waals surface area contributed by atoms with Crippen molar-refractivity contribution >= 4 is 17.7 Å². The van der Waals surface area contributed by atoms with Gasteiger partial charge in [-0.25, -0.2) is 14.0 Å². The first-order chi connectivity index (χ1) is 9.36. The predicted octanol–water partition coefficient (Wildman–Crippen LogP) is 1.19. The molecule has 2 rings (SSSR count). The summed E-state index contributed by atoms with van der Waals surface area (Å²) in [6.07, 6.45) is -0.874. The van der Waals surface area contributed by atoms with Gasteiger partial charge in [-0.3, -0.25) is 0 Å². The third kappa shape index (κ3) is 3.05. The molecule has 1 aromatic rings. The number of nitrogens with zero attached hydrogens (tertiary/aromatic N) is 1. The third-order valence-electron chi connectivity index (χ3n) is 3.12. The quantitative estimate of drug-likeness (QED) is 0.760. The molecule has 1 fully saturated rings. The number of carbonyl (C=O) groups excluding carboxylic acids is 1. The number of aliphatic hydroxyl groups is 1. The second-order valence-corrected chi connectivity index (χ2v) is 4.84. The molecule has 6 nitrogen and oxygen atoms in total. The molecule has 0 saturated carbocycles. The van der Waals surface area contributed by atoms with Crippen molar-refractivity contribution in [2.75, 3.05) is 11.9 Å². The lowest BCUT2D eigenvalue weighted by atomic mass is 10.2. The van der Waals surface area contributed by atoms with E-state index in [9.17, 15) is 19.1 Å². The van der Waals surface area contributed by atoms with Gasteiger partial charge in [-0.15, -0.1) is 0 Å². The summed E-state index contributed by atoms with van der Waals surface area (Å²) in [5.41, 5.74) is 0.884. The standard InChI is InChI=1S/C13H15FN2O4/c1-7-2-8(14)4-9(3-7)15-13(20)16-6-10(17)5-11(16)12(18)19/h2-4,10-11,17H,5-6H2,1H3,(H,15,20)(H,18,19). The molecule has 2 amide bonds. The van der Waals surface area contributed by atoms with E-state index in [1.807, 2.05) is 0 Å². The number of carbonyl (C=O) groups is 2. The van der Waals surface area contributed by atoms with E-state index in [1.54, 1.807) is 13.0 Å². The third-order valence-corrected chi connectivity index (χ3v) is 3.12. The molecule has 1 heterocycles. The molecule has 2 atom stereocenters. The van der Waals surface area contributed by atoms with Crippen LogP contribution >= 0.6 is 0 Å². The molecule has 0 bridgehead atoms. The van der Waals surface area contributed by atoms with E-state index in [0.29, 0.717) is 5.56 Å². The smallest absolute Gasteiger partial charge is 0.326 e. The fourth-order valence-electron chi connectivity index (χ4n) is 2.28. The predicted molar refractivity (Wildman–Crippen MR) is 68.9 cm³/mol. The average Bonchev–Trinajstić information content (AvgIpc) is 2.70. The first kappa shape index (κ1) is 14.3. The van der Waals surface area contributed by atoms with E-state index in [-0.39, 0.29) is 18.7 Å². The number of β-amino-alcohol motifs (C(OH)–C–C–N with tert-alkyl or cyclic N) is 1. The average molecular weight is 282 g/mol. The monoisotopic (exact) mass is 282 g/mol. The molecule has 7 heteroatoms.